The van der Waals surface area contributed by atoms with Crippen molar-refractivity contribution in [3.63, 3.8) is 0 Å². The molecule has 2 aliphatic heterocycles. The standard InChI is InChI=1S/C26H33N7OS/c1-5-6-23(32(4)21-9-7-19(2)8-10-21)30-24-16-28-26(35-24)29-22-15-20(11-12-27-22)17-33-14-13-31(3)25(34)18-33/h5-12,15,24H,13-14,16-18H2,1-4H3,(H,27,28,29)/b6-5-,30-23?. The molecule has 3 heterocycles. The van der Waals surface area contributed by atoms with Crippen LogP contribution in [-0.2, 0) is 11.3 Å². The van der Waals surface area contributed by atoms with Crippen molar-refractivity contribution < 1.29 is 4.79 Å². The number of benzene rings is 1. The summed E-state index contributed by atoms with van der Waals surface area (Å²) in [5, 5.41) is 4.16. The lowest BCUT2D eigenvalue weighted by molar-refractivity contribution is -0.134. The van der Waals surface area contributed by atoms with Crippen LogP contribution in [0.2, 0.25) is 0 Å². The second-order valence-electron chi connectivity index (χ2n) is 8.80. The second-order valence-corrected chi connectivity index (χ2v) is 9.97. The summed E-state index contributed by atoms with van der Waals surface area (Å²) < 4.78 is 0. The summed E-state index contributed by atoms with van der Waals surface area (Å²) in [5.41, 5.74) is 3.45. The first-order chi connectivity index (χ1) is 16.9. The minimum absolute atomic E-state index is 0.00358. The van der Waals surface area contributed by atoms with Gasteiger partial charge >= 0.3 is 0 Å². The Balaban J connectivity index is 1.36. The van der Waals surface area contributed by atoms with Gasteiger partial charge in [-0.2, -0.15) is 0 Å². The number of hydrogen-bond acceptors (Lipinski definition) is 7. The monoisotopic (exact) mass is 491 g/mol. The molecule has 1 atom stereocenters. The zero-order valence-electron chi connectivity index (χ0n) is 20.8. The van der Waals surface area contributed by atoms with Gasteiger partial charge in [-0.3, -0.25) is 19.7 Å². The number of thioether (sulfide) groups is 1. The molecule has 184 valence electrons. The van der Waals surface area contributed by atoms with Crippen molar-refractivity contribution in [2.75, 3.05) is 50.5 Å². The largest absolute Gasteiger partial charge is 0.343 e. The SMILES string of the molecule is C/C=C\C(=NC1CN=C(Nc2cc(CN3CCN(C)C(=O)C3)ccn2)S1)N(C)c1ccc(C)cc1. The highest BCUT2D eigenvalue weighted by molar-refractivity contribution is 8.15. The number of aryl methyl sites for hydroxylation is 1. The summed E-state index contributed by atoms with van der Waals surface area (Å²) >= 11 is 1.61. The Hall–Kier alpha value is -3.17. The number of likely N-dealkylation sites (N-methyl/N-ethyl adjacent to an activating group) is 2. The predicted octanol–water partition coefficient (Wildman–Crippen LogP) is 3.62. The number of piperazine rings is 1. The van der Waals surface area contributed by atoms with Gasteiger partial charge in [-0.05, 0) is 49.8 Å². The fourth-order valence-corrected chi connectivity index (χ4v) is 4.77. The van der Waals surface area contributed by atoms with Crippen LogP contribution < -0.4 is 10.2 Å². The molecule has 1 saturated heterocycles. The summed E-state index contributed by atoms with van der Waals surface area (Å²) in [4.78, 5) is 32.1. The van der Waals surface area contributed by atoms with Crippen LogP contribution >= 0.6 is 11.8 Å². The Morgan fingerprint density at radius 2 is 2.09 bits per heavy atom. The maximum Gasteiger partial charge on any atom is 0.236 e. The summed E-state index contributed by atoms with van der Waals surface area (Å²) in [6.45, 7) is 7.51. The third-order valence-electron chi connectivity index (χ3n) is 6.00. The molecule has 0 aliphatic carbocycles. The van der Waals surface area contributed by atoms with Gasteiger partial charge in [-0.25, -0.2) is 4.98 Å². The van der Waals surface area contributed by atoms with E-state index in [-0.39, 0.29) is 11.3 Å². The van der Waals surface area contributed by atoms with Crippen LogP contribution in [-0.4, -0.2) is 77.3 Å². The third-order valence-corrected chi connectivity index (χ3v) is 6.98. The van der Waals surface area contributed by atoms with Crippen LogP contribution in [0.1, 0.15) is 18.1 Å². The maximum absolute atomic E-state index is 12.0. The van der Waals surface area contributed by atoms with E-state index in [4.69, 9.17) is 4.99 Å². The van der Waals surface area contributed by atoms with E-state index in [9.17, 15) is 4.79 Å². The first-order valence-corrected chi connectivity index (χ1v) is 12.7. The van der Waals surface area contributed by atoms with E-state index in [0.717, 1.165) is 47.7 Å². The third kappa shape index (κ3) is 6.70. The van der Waals surface area contributed by atoms with E-state index in [0.29, 0.717) is 13.1 Å². The lowest BCUT2D eigenvalue weighted by atomic mass is 10.2. The number of carbonyl (C=O) groups is 1. The summed E-state index contributed by atoms with van der Waals surface area (Å²) in [6, 6.07) is 12.5. The zero-order chi connectivity index (χ0) is 24.8. The second kappa shape index (κ2) is 11.5. The lowest BCUT2D eigenvalue weighted by Gasteiger charge is -2.31. The topological polar surface area (TPSA) is 76.4 Å². The quantitative estimate of drug-likeness (QED) is 0.491. The van der Waals surface area contributed by atoms with Crippen molar-refractivity contribution in [3.8, 4) is 0 Å². The van der Waals surface area contributed by atoms with E-state index >= 15 is 0 Å². The van der Waals surface area contributed by atoms with Crippen molar-refractivity contribution in [3.05, 3.63) is 65.9 Å². The van der Waals surface area contributed by atoms with Crippen LogP contribution in [0, 0.1) is 6.92 Å². The Morgan fingerprint density at radius 3 is 2.83 bits per heavy atom. The van der Waals surface area contributed by atoms with Gasteiger partial charge in [0.25, 0.3) is 0 Å². The molecule has 9 heteroatoms. The molecule has 1 unspecified atom stereocenters. The Bertz CT molecular complexity index is 1130. The molecule has 1 aromatic heterocycles. The lowest BCUT2D eigenvalue weighted by Crippen LogP contribution is -2.47. The average Bonchev–Trinajstić information content (AvgIpc) is 3.28. The van der Waals surface area contributed by atoms with Gasteiger partial charge in [0.05, 0.1) is 13.1 Å². The van der Waals surface area contributed by atoms with Crippen LogP contribution in [0.25, 0.3) is 0 Å². The van der Waals surface area contributed by atoms with Gasteiger partial charge < -0.3 is 15.1 Å². The van der Waals surface area contributed by atoms with Crippen molar-refractivity contribution >= 4 is 40.2 Å². The number of rotatable bonds is 6. The van der Waals surface area contributed by atoms with E-state index in [1.807, 2.05) is 45.3 Å². The van der Waals surface area contributed by atoms with E-state index in [2.05, 4.69) is 56.3 Å². The van der Waals surface area contributed by atoms with Gasteiger partial charge in [0.2, 0.25) is 5.91 Å². The highest BCUT2D eigenvalue weighted by atomic mass is 32.2. The molecule has 1 aromatic carbocycles. The average molecular weight is 492 g/mol. The molecule has 1 amide bonds. The van der Waals surface area contributed by atoms with E-state index < -0.39 is 0 Å². The minimum atomic E-state index is -0.00358. The molecule has 0 saturated carbocycles. The number of allylic oxidation sites excluding steroid dienone is 1. The fraction of sp³-hybridized carbons (Fsp3) is 0.385. The maximum atomic E-state index is 12.0. The van der Waals surface area contributed by atoms with Crippen molar-refractivity contribution in [2.45, 2.75) is 25.8 Å². The number of hydrogen-bond donors (Lipinski definition) is 1. The molecule has 0 radical (unpaired) electrons. The van der Waals surface area contributed by atoms with E-state index in [1.165, 1.54) is 5.56 Å². The predicted molar refractivity (Wildman–Crippen MR) is 146 cm³/mol. The van der Waals surface area contributed by atoms with Gasteiger partial charge in [0, 0.05) is 45.6 Å². The number of nitrogens with zero attached hydrogens (tertiary/aromatic N) is 6. The van der Waals surface area contributed by atoms with Crippen LogP contribution in [0.15, 0.2) is 64.7 Å². The smallest absolute Gasteiger partial charge is 0.236 e. The molecule has 2 aromatic rings. The number of carbonyl (C=O) groups excluding carboxylic acids is 1. The first-order valence-electron chi connectivity index (χ1n) is 11.8. The number of aliphatic imine (C=N–C) groups is 2. The molecule has 0 bridgehead atoms. The molecule has 4 rings (SSSR count). The number of amidine groups is 2. The number of anilines is 2. The molecule has 35 heavy (non-hydrogen) atoms. The Labute approximate surface area is 211 Å². The van der Waals surface area contributed by atoms with Crippen LogP contribution in [0.3, 0.4) is 0 Å². The summed E-state index contributed by atoms with van der Waals surface area (Å²) in [5.74, 6) is 1.81. The Morgan fingerprint density at radius 1 is 1.29 bits per heavy atom. The van der Waals surface area contributed by atoms with Crippen molar-refractivity contribution in [2.24, 2.45) is 9.98 Å². The molecule has 2 aliphatic rings. The van der Waals surface area contributed by atoms with Gasteiger partial charge in [-0.15, -0.1) is 0 Å². The van der Waals surface area contributed by atoms with Gasteiger partial charge in [0.15, 0.2) is 5.17 Å². The molecule has 1 fully saturated rings. The van der Waals surface area contributed by atoms with Gasteiger partial charge in [0.1, 0.15) is 17.0 Å². The van der Waals surface area contributed by atoms with Crippen LogP contribution in [0.5, 0.6) is 0 Å². The molecular weight excluding hydrogens is 458 g/mol. The highest BCUT2D eigenvalue weighted by Crippen LogP contribution is 2.25. The fourth-order valence-electron chi connectivity index (χ4n) is 3.89. The molecular formula is C26H33N7OS. The number of pyridine rings is 1. The first kappa shape index (κ1) is 24.9. The molecule has 0 spiro atoms. The highest BCUT2D eigenvalue weighted by Gasteiger charge is 2.22. The van der Waals surface area contributed by atoms with Crippen molar-refractivity contribution in [1.29, 1.82) is 0 Å². The van der Waals surface area contributed by atoms with Gasteiger partial charge in [-0.1, -0.05) is 35.5 Å². The van der Waals surface area contributed by atoms with E-state index in [1.54, 1.807) is 22.9 Å². The number of amides is 1. The van der Waals surface area contributed by atoms with Crippen LogP contribution in [0.4, 0.5) is 11.5 Å². The number of aromatic nitrogens is 1. The summed E-state index contributed by atoms with van der Waals surface area (Å²) in [6.07, 6.45) is 5.83. The zero-order valence-corrected chi connectivity index (χ0v) is 21.6. The normalized spacial score (nSPS) is 19.4. The Kier molecular flexibility index (Phi) is 8.20. The summed E-state index contributed by atoms with van der Waals surface area (Å²) in [7, 11) is 3.89. The minimum Gasteiger partial charge on any atom is -0.343 e. The molecule has 8 nitrogen and oxygen atoms in total. The number of nitrogens with one attached hydrogen (secondary N) is 1. The van der Waals surface area contributed by atoms with Crippen molar-refractivity contribution in [1.82, 2.24) is 14.8 Å². The molecule has 1 N–H and O–H groups in total.